The van der Waals surface area contributed by atoms with Gasteiger partial charge in [-0.25, -0.2) is 4.98 Å². The summed E-state index contributed by atoms with van der Waals surface area (Å²) < 4.78 is 5.17. The maximum absolute atomic E-state index is 8.55. The predicted molar refractivity (Wildman–Crippen MR) is 71.9 cm³/mol. The van der Waals surface area contributed by atoms with Crippen LogP contribution in [0.4, 0.5) is 11.8 Å². The van der Waals surface area contributed by atoms with E-state index in [2.05, 4.69) is 20.6 Å². The normalized spacial score (nSPS) is 10.4. The molecule has 1 aromatic rings. The van der Waals surface area contributed by atoms with Crippen molar-refractivity contribution in [3.8, 4) is 0 Å². The summed E-state index contributed by atoms with van der Waals surface area (Å²) in [6.45, 7) is 6.65. The Morgan fingerprint density at radius 3 is 2.83 bits per heavy atom. The highest BCUT2D eigenvalue weighted by atomic mass is 16.5. The number of ether oxygens (including phenoxy) is 1. The summed E-state index contributed by atoms with van der Waals surface area (Å²) in [6, 6.07) is 1.91. The molecule has 0 saturated heterocycles. The molecule has 0 unspecified atom stereocenters. The number of hydrogen-bond donors (Lipinski definition) is 3. The van der Waals surface area contributed by atoms with Gasteiger partial charge in [0.25, 0.3) is 0 Å². The second kappa shape index (κ2) is 8.66. The van der Waals surface area contributed by atoms with Crippen LogP contribution >= 0.6 is 0 Å². The van der Waals surface area contributed by atoms with Crippen LogP contribution in [-0.2, 0) is 4.74 Å². The Balaban J connectivity index is 2.32. The Morgan fingerprint density at radius 2 is 2.11 bits per heavy atom. The number of aliphatic hydroxyl groups excluding tert-OH is 1. The van der Waals surface area contributed by atoms with Gasteiger partial charge in [0.15, 0.2) is 0 Å². The number of aromatic nitrogens is 2. The summed E-state index contributed by atoms with van der Waals surface area (Å²) in [5.41, 5.74) is 0.931. The van der Waals surface area contributed by atoms with Crippen molar-refractivity contribution in [1.82, 2.24) is 9.97 Å². The monoisotopic (exact) mass is 254 g/mol. The predicted octanol–water partition coefficient (Wildman–Crippen LogP) is 1.03. The van der Waals surface area contributed by atoms with E-state index in [9.17, 15) is 0 Å². The number of hydrogen-bond acceptors (Lipinski definition) is 6. The topological polar surface area (TPSA) is 79.3 Å². The maximum atomic E-state index is 8.55. The lowest BCUT2D eigenvalue weighted by atomic mass is 10.4. The van der Waals surface area contributed by atoms with Crippen molar-refractivity contribution in [2.75, 3.05) is 43.5 Å². The summed E-state index contributed by atoms with van der Waals surface area (Å²) >= 11 is 0. The SMILES string of the molecule is CCNc1nc(C)cc(NCCCOCCO)n1. The smallest absolute Gasteiger partial charge is 0.224 e. The minimum absolute atomic E-state index is 0.0740. The number of aliphatic hydroxyl groups is 1. The highest BCUT2D eigenvalue weighted by Crippen LogP contribution is 2.09. The first-order valence-electron chi connectivity index (χ1n) is 6.28. The van der Waals surface area contributed by atoms with Gasteiger partial charge in [-0.15, -0.1) is 0 Å². The van der Waals surface area contributed by atoms with Crippen LogP contribution in [0.3, 0.4) is 0 Å². The van der Waals surface area contributed by atoms with Crippen molar-refractivity contribution in [3.63, 3.8) is 0 Å². The third-order valence-electron chi connectivity index (χ3n) is 2.20. The number of nitrogens with zero attached hydrogens (tertiary/aromatic N) is 2. The zero-order valence-electron chi connectivity index (χ0n) is 11.1. The van der Waals surface area contributed by atoms with E-state index in [-0.39, 0.29) is 6.61 Å². The highest BCUT2D eigenvalue weighted by Gasteiger charge is 2.00. The molecule has 0 aromatic carbocycles. The van der Waals surface area contributed by atoms with Crippen molar-refractivity contribution in [2.24, 2.45) is 0 Å². The number of anilines is 2. The minimum Gasteiger partial charge on any atom is -0.394 e. The van der Waals surface area contributed by atoms with Gasteiger partial charge in [-0.2, -0.15) is 4.98 Å². The average Bonchev–Trinajstić information content (AvgIpc) is 2.33. The second-order valence-corrected chi connectivity index (χ2v) is 3.86. The molecule has 0 radical (unpaired) electrons. The molecule has 0 fully saturated rings. The van der Waals surface area contributed by atoms with Crippen molar-refractivity contribution in [1.29, 1.82) is 0 Å². The fourth-order valence-electron chi connectivity index (χ4n) is 1.45. The largest absolute Gasteiger partial charge is 0.394 e. The van der Waals surface area contributed by atoms with E-state index in [4.69, 9.17) is 9.84 Å². The van der Waals surface area contributed by atoms with Crippen LogP contribution < -0.4 is 10.6 Å². The second-order valence-electron chi connectivity index (χ2n) is 3.86. The van der Waals surface area contributed by atoms with E-state index in [1.54, 1.807) is 0 Å². The Morgan fingerprint density at radius 1 is 1.28 bits per heavy atom. The van der Waals surface area contributed by atoms with Crippen LogP contribution in [0.5, 0.6) is 0 Å². The van der Waals surface area contributed by atoms with Crippen molar-refractivity contribution in [3.05, 3.63) is 11.8 Å². The third-order valence-corrected chi connectivity index (χ3v) is 2.20. The van der Waals surface area contributed by atoms with Gasteiger partial charge in [0.05, 0.1) is 13.2 Å². The van der Waals surface area contributed by atoms with E-state index in [1.165, 1.54) is 0 Å². The van der Waals surface area contributed by atoms with Crippen LogP contribution in [0.15, 0.2) is 6.07 Å². The Bertz CT molecular complexity index is 347. The molecule has 0 aliphatic heterocycles. The summed E-state index contributed by atoms with van der Waals surface area (Å²) in [7, 11) is 0. The molecule has 0 bridgehead atoms. The fraction of sp³-hybridized carbons (Fsp3) is 0.667. The molecule has 6 nitrogen and oxygen atoms in total. The molecule has 1 heterocycles. The molecule has 0 aliphatic carbocycles. The molecule has 0 aliphatic rings. The lowest BCUT2D eigenvalue weighted by molar-refractivity contribution is 0.0922. The van der Waals surface area contributed by atoms with E-state index in [1.807, 2.05) is 19.9 Å². The molecular formula is C12H22N4O2. The van der Waals surface area contributed by atoms with Gasteiger partial charge in [0, 0.05) is 31.5 Å². The zero-order valence-corrected chi connectivity index (χ0v) is 11.1. The molecule has 102 valence electrons. The summed E-state index contributed by atoms with van der Waals surface area (Å²) in [4.78, 5) is 8.62. The molecule has 1 rings (SSSR count). The highest BCUT2D eigenvalue weighted by molar-refractivity contribution is 5.41. The van der Waals surface area contributed by atoms with Crippen LogP contribution in [0.25, 0.3) is 0 Å². The maximum Gasteiger partial charge on any atom is 0.224 e. The standard InChI is InChI=1S/C12H22N4O2/c1-3-13-12-15-10(2)9-11(16-12)14-5-4-7-18-8-6-17/h9,17H,3-8H2,1-2H3,(H2,13,14,15,16). The van der Waals surface area contributed by atoms with Gasteiger partial charge < -0.3 is 20.5 Å². The number of aryl methyl sites for hydroxylation is 1. The lowest BCUT2D eigenvalue weighted by Gasteiger charge is -2.09. The van der Waals surface area contributed by atoms with E-state index >= 15 is 0 Å². The van der Waals surface area contributed by atoms with Gasteiger partial charge in [0.2, 0.25) is 5.95 Å². The van der Waals surface area contributed by atoms with Crippen LogP contribution in [0.1, 0.15) is 19.0 Å². The molecule has 0 amide bonds. The average molecular weight is 254 g/mol. The van der Waals surface area contributed by atoms with Crippen molar-refractivity contribution < 1.29 is 9.84 Å². The van der Waals surface area contributed by atoms with Gasteiger partial charge in [-0.1, -0.05) is 0 Å². The number of rotatable bonds is 9. The first kappa shape index (κ1) is 14.7. The van der Waals surface area contributed by atoms with Gasteiger partial charge in [0.1, 0.15) is 5.82 Å². The summed E-state index contributed by atoms with van der Waals surface area (Å²) in [6.07, 6.45) is 0.875. The molecule has 3 N–H and O–H groups in total. The van der Waals surface area contributed by atoms with Gasteiger partial charge in [-0.3, -0.25) is 0 Å². The Kier molecular flexibility index (Phi) is 7.05. The Labute approximate surface area is 108 Å². The third kappa shape index (κ3) is 5.79. The number of nitrogens with one attached hydrogen (secondary N) is 2. The molecule has 0 spiro atoms. The van der Waals surface area contributed by atoms with Crippen LogP contribution in [-0.4, -0.2) is 48.0 Å². The van der Waals surface area contributed by atoms with Crippen molar-refractivity contribution >= 4 is 11.8 Å². The van der Waals surface area contributed by atoms with E-state index in [0.29, 0.717) is 19.2 Å². The molecule has 0 saturated carbocycles. The van der Waals surface area contributed by atoms with Gasteiger partial charge >= 0.3 is 0 Å². The first-order valence-corrected chi connectivity index (χ1v) is 6.28. The summed E-state index contributed by atoms with van der Waals surface area (Å²) in [5, 5.41) is 14.9. The zero-order chi connectivity index (χ0) is 13.2. The molecule has 18 heavy (non-hydrogen) atoms. The van der Waals surface area contributed by atoms with E-state index < -0.39 is 0 Å². The minimum atomic E-state index is 0.0740. The Hall–Kier alpha value is -1.40. The quantitative estimate of drug-likeness (QED) is 0.571. The molecule has 6 heteroatoms. The van der Waals surface area contributed by atoms with Crippen molar-refractivity contribution in [2.45, 2.75) is 20.3 Å². The van der Waals surface area contributed by atoms with Crippen LogP contribution in [0.2, 0.25) is 0 Å². The van der Waals surface area contributed by atoms with E-state index in [0.717, 1.165) is 31.0 Å². The summed E-state index contributed by atoms with van der Waals surface area (Å²) in [5.74, 6) is 1.47. The molecular weight excluding hydrogens is 232 g/mol. The first-order chi connectivity index (χ1) is 8.76. The lowest BCUT2D eigenvalue weighted by Crippen LogP contribution is -2.10. The molecule has 1 aromatic heterocycles. The van der Waals surface area contributed by atoms with Gasteiger partial charge in [-0.05, 0) is 20.3 Å². The van der Waals surface area contributed by atoms with Crippen LogP contribution in [0, 0.1) is 6.92 Å². The fourth-order valence-corrected chi connectivity index (χ4v) is 1.45. The molecule has 0 atom stereocenters.